The van der Waals surface area contributed by atoms with Crippen molar-refractivity contribution >= 4 is 33.4 Å². The SMILES string of the molecule is O=C(NCC1CCCN1C(=O)c1cc(F)[nH]n1)c1csc2cccnc12. The molecule has 0 spiro atoms. The number of H-pyrrole nitrogens is 1. The van der Waals surface area contributed by atoms with Crippen LogP contribution in [0, 0.1) is 5.95 Å². The molecular formula is C17H16FN5O2S. The number of thiophene rings is 1. The number of carbonyl (C=O) groups is 2. The first kappa shape index (κ1) is 16.6. The van der Waals surface area contributed by atoms with E-state index in [9.17, 15) is 14.0 Å². The number of fused-ring (bicyclic) bond motifs is 1. The lowest BCUT2D eigenvalue weighted by Gasteiger charge is -2.24. The Morgan fingerprint density at radius 3 is 3.15 bits per heavy atom. The normalized spacial score (nSPS) is 17.0. The lowest BCUT2D eigenvalue weighted by atomic mass is 10.2. The van der Waals surface area contributed by atoms with Crippen molar-refractivity contribution < 1.29 is 14.0 Å². The molecule has 9 heteroatoms. The molecule has 0 aromatic carbocycles. The van der Waals surface area contributed by atoms with Crippen LogP contribution in [0.2, 0.25) is 0 Å². The molecule has 1 aliphatic heterocycles. The van der Waals surface area contributed by atoms with E-state index in [2.05, 4.69) is 20.5 Å². The zero-order valence-electron chi connectivity index (χ0n) is 13.7. The Hall–Kier alpha value is -2.81. The van der Waals surface area contributed by atoms with Gasteiger partial charge in [0.05, 0.1) is 15.8 Å². The van der Waals surface area contributed by atoms with Gasteiger partial charge in [0.15, 0.2) is 5.69 Å². The summed E-state index contributed by atoms with van der Waals surface area (Å²) in [7, 11) is 0. The molecule has 0 saturated carbocycles. The van der Waals surface area contributed by atoms with E-state index in [0.717, 1.165) is 23.6 Å². The smallest absolute Gasteiger partial charge is 0.274 e. The molecule has 0 bridgehead atoms. The molecule has 2 amide bonds. The Kier molecular flexibility index (Phi) is 4.37. The van der Waals surface area contributed by atoms with Gasteiger partial charge in [0.2, 0.25) is 5.95 Å². The van der Waals surface area contributed by atoms with Crippen molar-refractivity contribution in [3.8, 4) is 0 Å². The maximum absolute atomic E-state index is 13.1. The number of hydrogen-bond donors (Lipinski definition) is 2. The summed E-state index contributed by atoms with van der Waals surface area (Å²) >= 11 is 1.47. The second kappa shape index (κ2) is 6.83. The predicted octanol–water partition coefficient (Wildman–Crippen LogP) is 2.19. The number of amides is 2. The van der Waals surface area contributed by atoms with Crippen molar-refractivity contribution in [2.75, 3.05) is 13.1 Å². The number of nitrogens with zero attached hydrogens (tertiary/aromatic N) is 3. The Morgan fingerprint density at radius 2 is 2.35 bits per heavy atom. The number of carbonyl (C=O) groups excluding carboxylic acids is 2. The van der Waals surface area contributed by atoms with Gasteiger partial charge in [-0.2, -0.15) is 9.49 Å². The molecule has 1 fully saturated rings. The van der Waals surface area contributed by atoms with Gasteiger partial charge in [0.25, 0.3) is 11.8 Å². The summed E-state index contributed by atoms with van der Waals surface area (Å²) in [5.41, 5.74) is 1.27. The minimum atomic E-state index is -0.644. The Balaban J connectivity index is 1.43. The Morgan fingerprint density at radius 1 is 1.46 bits per heavy atom. The van der Waals surface area contributed by atoms with Crippen LogP contribution in [0.25, 0.3) is 10.2 Å². The van der Waals surface area contributed by atoms with Crippen molar-refractivity contribution in [1.82, 2.24) is 25.4 Å². The first-order valence-corrected chi connectivity index (χ1v) is 9.14. The molecule has 1 saturated heterocycles. The van der Waals surface area contributed by atoms with E-state index in [4.69, 9.17) is 0 Å². The average molecular weight is 373 g/mol. The fourth-order valence-electron chi connectivity index (χ4n) is 3.20. The summed E-state index contributed by atoms with van der Waals surface area (Å²) in [5, 5.41) is 10.5. The maximum Gasteiger partial charge on any atom is 0.274 e. The standard InChI is InChI=1S/C17H16FN5O2S/c18-14-7-12(21-22-14)17(25)23-6-2-3-10(23)8-20-16(24)11-9-26-13-4-1-5-19-15(11)13/h1,4-5,7,9-10H,2-3,6,8H2,(H,20,24)(H,21,22). The highest BCUT2D eigenvalue weighted by molar-refractivity contribution is 7.17. The number of likely N-dealkylation sites (tertiary alicyclic amines) is 1. The highest BCUT2D eigenvalue weighted by Gasteiger charge is 2.31. The molecular weight excluding hydrogens is 357 g/mol. The van der Waals surface area contributed by atoms with E-state index in [1.165, 1.54) is 11.3 Å². The molecule has 2 N–H and O–H groups in total. The van der Waals surface area contributed by atoms with Crippen LogP contribution in [-0.2, 0) is 0 Å². The molecule has 0 aliphatic carbocycles. The third-order valence-electron chi connectivity index (χ3n) is 4.48. The summed E-state index contributed by atoms with van der Waals surface area (Å²) < 4.78 is 14.0. The second-order valence-corrected chi connectivity index (χ2v) is 7.02. The van der Waals surface area contributed by atoms with Crippen molar-refractivity contribution in [2.45, 2.75) is 18.9 Å². The van der Waals surface area contributed by atoms with Crippen molar-refractivity contribution in [2.24, 2.45) is 0 Å². The van der Waals surface area contributed by atoms with Gasteiger partial charge in [-0.3, -0.25) is 19.7 Å². The molecule has 3 aromatic rings. The largest absolute Gasteiger partial charge is 0.350 e. The monoisotopic (exact) mass is 373 g/mol. The number of pyridine rings is 1. The third-order valence-corrected chi connectivity index (χ3v) is 5.41. The Labute approximate surface area is 152 Å². The number of nitrogens with one attached hydrogen (secondary N) is 2. The van der Waals surface area contributed by atoms with Crippen LogP contribution in [0.3, 0.4) is 0 Å². The van der Waals surface area contributed by atoms with E-state index >= 15 is 0 Å². The first-order chi connectivity index (χ1) is 12.6. The molecule has 4 rings (SSSR count). The number of halogens is 1. The van der Waals surface area contributed by atoms with Gasteiger partial charge in [0, 0.05) is 36.8 Å². The zero-order valence-corrected chi connectivity index (χ0v) is 14.6. The molecule has 4 heterocycles. The zero-order chi connectivity index (χ0) is 18.1. The predicted molar refractivity (Wildman–Crippen MR) is 94.6 cm³/mol. The van der Waals surface area contributed by atoms with E-state index in [1.807, 2.05) is 12.1 Å². The molecule has 3 aromatic heterocycles. The minimum absolute atomic E-state index is 0.0498. The van der Waals surface area contributed by atoms with Gasteiger partial charge in [-0.15, -0.1) is 11.3 Å². The highest BCUT2D eigenvalue weighted by atomic mass is 32.1. The van der Waals surface area contributed by atoms with Gasteiger partial charge >= 0.3 is 0 Å². The molecule has 26 heavy (non-hydrogen) atoms. The summed E-state index contributed by atoms with van der Waals surface area (Å²) in [6, 6.07) is 4.70. The number of aromatic nitrogens is 3. The van der Waals surface area contributed by atoms with E-state index < -0.39 is 5.95 Å². The molecule has 0 radical (unpaired) electrons. The van der Waals surface area contributed by atoms with Crippen LogP contribution in [0.15, 0.2) is 29.8 Å². The highest BCUT2D eigenvalue weighted by Crippen LogP contribution is 2.24. The van der Waals surface area contributed by atoms with Crippen LogP contribution in [0.4, 0.5) is 4.39 Å². The minimum Gasteiger partial charge on any atom is -0.350 e. The molecule has 7 nitrogen and oxygen atoms in total. The van der Waals surface area contributed by atoms with E-state index in [0.29, 0.717) is 24.2 Å². The number of hydrogen-bond acceptors (Lipinski definition) is 5. The van der Waals surface area contributed by atoms with Gasteiger partial charge in [-0.1, -0.05) is 0 Å². The van der Waals surface area contributed by atoms with Crippen LogP contribution in [-0.4, -0.2) is 51.0 Å². The third kappa shape index (κ3) is 3.05. The lowest BCUT2D eigenvalue weighted by molar-refractivity contribution is 0.0719. The summed E-state index contributed by atoms with van der Waals surface area (Å²) in [6.07, 6.45) is 3.27. The van der Waals surface area contributed by atoms with Gasteiger partial charge in [-0.25, -0.2) is 0 Å². The van der Waals surface area contributed by atoms with Gasteiger partial charge in [0.1, 0.15) is 0 Å². The Bertz CT molecular complexity index is 969. The summed E-state index contributed by atoms with van der Waals surface area (Å²) in [6.45, 7) is 0.901. The van der Waals surface area contributed by atoms with Gasteiger partial charge < -0.3 is 10.2 Å². The molecule has 134 valence electrons. The quantitative estimate of drug-likeness (QED) is 0.733. The summed E-state index contributed by atoms with van der Waals surface area (Å²) in [5.74, 6) is -1.18. The fraction of sp³-hybridized carbons (Fsp3) is 0.294. The van der Waals surface area contributed by atoms with Crippen molar-refractivity contribution in [3.05, 3.63) is 47.0 Å². The van der Waals surface area contributed by atoms with Crippen molar-refractivity contribution in [1.29, 1.82) is 0 Å². The van der Waals surface area contributed by atoms with E-state index in [-0.39, 0.29) is 23.6 Å². The van der Waals surface area contributed by atoms with Crippen LogP contribution >= 0.6 is 11.3 Å². The van der Waals surface area contributed by atoms with Gasteiger partial charge in [-0.05, 0) is 25.0 Å². The molecule has 1 atom stereocenters. The number of rotatable bonds is 4. The van der Waals surface area contributed by atoms with Crippen LogP contribution in [0.1, 0.15) is 33.7 Å². The average Bonchev–Trinajstić information content (AvgIpc) is 3.38. The second-order valence-electron chi connectivity index (χ2n) is 6.11. The summed E-state index contributed by atoms with van der Waals surface area (Å²) in [4.78, 5) is 30.9. The van der Waals surface area contributed by atoms with Crippen LogP contribution < -0.4 is 5.32 Å². The number of aromatic amines is 1. The lowest BCUT2D eigenvalue weighted by Crippen LogP contribution is -2.43. The first-order valence-electron chi connectivity index (χ1n) is 8.26. The van der Waals surface area contributed by atoms with E-state index in [1.54, 1.807) is 16.5 Å². The van der Waals surface area contributed by atoms with Crippen molar-refractivity contribution in [3.63, 3.8) is 0 Å². The fourth-order valence-corrected chi connectivity index (χ4v) is 4.10. The van der Waals surface area contributed by atoms with Crippen LogP contribution in [0.5, 0.6) is 0 Å². The topological polar surface area (TPSA) is 91.0 Å². The molecule has 1 unspecified atom stereocenters. The molecule has 1 aliphatic rings. The maximum atomic E-state index is 13.1.